The van der Waals surface area contributed by atoms with E-state index < -0.39 is 0 Å². The maximum atomic E-state index is 10.1. The van der Waals surface area contributed by atoms with E-state index in [0.717, 1.165) is 0 Å². The van der Waals surface area contributed by atoms with Gasteiger partial charge in [0.25, 0.3) is 0 Å². The van der Waals surface area contributed by atoms with Gasteiger partial charge >= 0.3 is 0 Å². The van der Waals surface area contributed by atoms with Gasteiger partial charge in [0.15, 0.2) is 0 Å². The van der Waals surface area contributed by atoms with Gasteiger partial charge in [0.1, 0.15) is 11.5 Å². The van der Waals surface area contributed by atoms with Crippen molar-refractivity contribution >= 4 is 12.4 Å². The maximum Gasteiger partial charge on any atom is 0.124 e. The van der Waals surface area contributed by atoms with E-state index in [2.05, 4.69) is 41.5 Å². The lowest BCUT2D eigenvalue weighted by molar-refractivity contribution is 0.196. The smallest absolute Gasteiger partial charge is 0.124 e. The van der Waals surface area contributed by atoms with Crippen molar-refractivity contribution in [3.63, 3.8) is 0 Å². The van der Waals surface area contributed by atoms with Crippen LogP contribution in [0.5, 0.6) is 11.5 Å². The first-order chi connectivity index (χ1) is 13.0. The molecule has 0 amide bonds. The van der Waals surface area contributed by atoms with Gasteiger partial charge in [0.05, 0.1) is 12.1 Å². The van der Waals surface area contributed by atoms with E-state index in [1.165, 1.54) is 0 Å². The van der Waals surface area contributed by atoms with Crippen LogP contribution in [-0.4, -0.2) is 34.7 Å². The van der Waals surface area contributed by atoms with Crippen molar-refractivity contribution in [3.05, 3.63) is 59.7 Å². The first kappa shape index (κ1) is 21.7. The van der Waals surface area contributed by atoms with E-state index in [-0.39, 0.29) is 34.4 Å². The average Bonchev–Trinajstić information content (AvgIpc) is 2.58. The quantitative estimate of drug-likeness (QED) is 0.676. The molecule has 4 nitrogen and oxygen atoms in total. The number of hydrogen-bond acceptors (Lipinski definition) is 4. The van der Waals surface area contributed by atoms with Gasteiger partial charge in [-0.3, -0.25) is 9.98 Å². The molecule has 2 aromatic carbocycles. The molecule has 2 atom stereocenters. The van der Waals surface area contributed by atoms with Gasteiger partial charge in [-0.1, -0.05) is 65.8 Å². The summed E-state index contributed by atoms with van der Waals surface area (Å²) < 4.78 is 0. The fourth-order valence-electron chi connectivity index (χ4n) is 3.07. The second-order valence-corrected chi connectivity index (χ2v) is 9.30. The highest BCUT2D eigenvalue weighted by atomic mass is 16.3. The Bertz CT molecular complexity index is 771. The highest BCUT2D eigenvalue weighted by molar-refractivity contribution is 5.84. The summed E-state index contributed by atoms with van der Waals surface area (Å²) in [5.74, 6) is 0.424. The Labute approximate surface area is 168 Å². The molecule has 0 aliphatic carbocycles. The molecule has 0 bridgehead atoms. The van der Waals surface area contributed by atoms with Gasteiger partial charge in [-0.05, 0) is 35.1 Å². The van der Waals surface area contributed by atoms with Gasteiger partial charge in [-0.15, -0.1) is 0 Å². The molecule has 0 aromatic heterocycles. The number of phenols is 2. The van der Waals surface area contributed by atoms with Crippen LogP contribution in [0.4, 0.5) is 0 Å². The lowest BCUT2D eigenvalue weighted by atomic mass is 9.73. The Morgan fingerprint density at radius 2 is 0.964 bits per heavy atom. The highest BCUT2D eigenvalue weighted by Crippen LogP contribution is 2.36. The van der Waals surface area contributed by atoms with Crippen LogP contribution in [0.2, 0.25) is 0 Å². The molecule has 150 valence electrons. The van der Waals surface area contributed by atoms with E-state index in [0.29, 0.717) is 11.1 Å². The molecule has 0 heterocycles. The molecular formula is C24H32N2O2. The lowest BCUT2D eigenvalue weighted by Crippen LogP contribution is -2.43. The van der Waals surface area contributed by atoms with Crippen LogP contribution >= 0.6 is 0 Å². The SMILES string of the molecule is CC(C)(C)[C@@H](N=Cc1ccccc1O)[C@H](N=Cc1ccccc1O)C(C)(C)C. The number of nitrogens with zero attached hydrogens (tertiary/aromatic N) is 2. The molecule has 0 unspecified atom stereocenters. The third kappa shape index (κ3) is 5.69. The second kappa shape index (κ2) is 8.59. The molecule has 4 heteroatoms. The van der Waals surface area contributed by atoms with Crippen LogP contribution in [0, 0.1) is 10.8 Å². The Morgan fingerprint density at radius 3 is 1.25 bits per heavy atom. The van der Waals surface area contributed by atoms with Gasteiger partial charge in [-0.25, -0.2) is 0 Å². The summed E-state index contributed by atoms with van der Waals surface area (Å²) in [6.07, 6.45) is 3.47. The van der Waals surface area contributed by atoms with Gasteiger partial charge in [0, 0.05) is 23.6 Å². The zero-order chi connectivity index (χ0) is 20.9. The summed E-state index contributed by atoms with van der Waals surface area (Å²) in [6, 6.07) is 14.1. The van der Waals surface area contributed by atoms with Crippen LogP contribution in [0.15, 0.2) is 58.5 Å². The van der Waals surface area contributed by atoms with Crippen molar-refractivity contribution in [2.45, 2.75) is 53.6 Å². The molecule has 2 aromatic rings. The molecule has 0 saturated carbocycles. The summed E-state index contributed by atoms with van der Waals surface area (Å²) in [7, 11) is 0. The summed E-state index contributed by atoms with van der Waals surface area (Å²) >= 11 is 0. The third-order valence-corrected chi connectivity index (χ3v) is 4.70. The summed E-state index contributed by atoms with van der Waals surface area (Å²) in [5.41, 5.74) is 1.09. The number of aromatic hydroxyl groups is 2. The van der Waals surface area contributed by atoms with Crippen LogP contribution in [0.25, 0.3) is 0 Å². The van der Waals surface area contributed by atoms with E-state index in [9.17, 15) is 10.2 Å². The maximum absolute atomic E-state index is 10.1. The lowest BCUT2D eigenvalue weighted by Gasteiger charge is -2.39. The molecule has 0 aliphatic rings. The first-order valence-corrected chi connectivity index (χ1v) is 9.62. The number of rotatable bonds is 5. The zero-order valence-corrected chi connectivity index (χ0v) is 17.7. The number of benzene rings is 2. The number of phenolic OH excluding ortho intramolecular Hbond substituents is 2. The fourth-order valence-corrected chi connectivity index (χ4v) is 3.07. The summed E-state index contributed by atoms with van der Waals surface area (Å²) in [5, 5.41) is 20.1. The van der Waals surface area contributed by atoms with Crippen molar-refractivity contribution in [3.8, 4) is 11.5 Å². The topological polar surface area (TPSA) is 65.2 Å². The first-order valence-electron chi connectivity index (χ1n) is 9.62. The van der Waals surface area contributed by atoms with E-state index >= 15 is 0 Å². The van der Waals surface area contributed by atoms with Gasteiger partial charge in [0.2, 0.25) is 0 Å². The van der Waals surface area contributed by atoms with E-state index in [1.807, 2.05) is 24.3 Å². The van der Waals surface area contributed by atoms with Crippen molar-refractivity contribution in [2.75, 3.05) is 0 Å². The molecular weight excluding hydrogens is 348 g/mol. The largest absolute Gasteiger partial charge is 0.507 e. The summed E-state index contributed by atoms with van der Waals surface area (Å²) in [4.78, 5) is 9.73. The molecule has 0 aliphatic heterocycles. The molecule has 0 saturated heterocycles. The third-order valence-electron chi connectivity index (χ3n) is 4.70. The van der Waals surface area contributed by atoms with Crippen molar-refractivity contribution in [1.82, 2.24) is 0 Å². The zero-order valence-electron chi connectivity index (χ0n) is 17.7. The molecule has 0 fully saturated rings. The van der Waals surface area contributed by atoms with Gasteiger partial charge in [-0.2, -0.15) is 0 Å². The predicted octanol–water partition coefficient (Wildman–Crippen LogP) is 5.47. The summed E-state index contributed by atoms with van der Waals surface area (Å²) in [6.45, 7) is 12.9. The standard InChI is InChI=1S/C24H32N2O2/c1-23(2,3)21(25-15-17-11-7-9-13-19(17)27)22(24(4,5)6)26-16-18-12-8-10-14-20(18)28/h7-16,21-22,27-28H,1-6H3/t21-,22-/m0/s1. The molecule has 2 N–H and O–H groups in total. The minimum atomic E-state index is -0.144. The van der Waals surface area contributed by atoms with Crippen molar-refractivity contribution < 1.29 is 10.2 Å². The fraction of sp³-hybridized carbons (Fsp3) is 0.417. The number of aliphatic imine (C=N–C) groups is 2. The van der Waals surface area contributed by atoms with Gasteiger partial charge < -0.3 is 10.2 Å². The highest BCUT2D eigenvalue weighted by Gasteiger charge is 2.38. The molecule has 0 radical (unpaired) electrons. The van der Waals surface area contributed by atoms with Crippen LogP contribution in [0.1, 0.15) is 52.7 Å². The predicted molar refractivity (Wildman–Crippen MR) is 118 cm³/mol. The monoisotopic (exact) mass is 380 g/mol. The Balaban J connectivity index is 2.44. The van der Waals surface area contributed by atoms with Crippen LogP contribution in [-0.2, 0) is 0 Å². The Morgan fingerprint density at radius 1 is 0.643 bits per heavy atom. The number of hydrogen-bond donors (Lipinski definition) is 2. The second-order valence-electron chi connectivity index (χ2n) is 9.30. The minimum absolute atomic E-state index is 0.116. The minimum Gasteiger partial charge on any atom is -0.507 e. The normalized spacial score (nSPS) is 15.2. The number of para-hydroxylation sites is 2. The van der Waals surface area contributed by atoms with E-state index in [4.69, 9.17) is 9.98 Å². The van der Waals surface area contributed by atoms with Crippen LogP contribution < -0.4 is 0 Å². The molecule has 2 rings (SSSR count). The Kier molecular flexibility index (Phi) is 6.65. The van der Waals surface area contributed by atoms with Crippen LogP contribution in [0.3, 0.4) is 0 Å². The Hall–Kier alpha value is -2.62. The van der Waals surface area contributed by atoms with Crippen molar-refractivity contribution in [2.24, 2.45) is 20.8 Å². The van der Waals surface area contributed by atoms with E-state index in [1.54, 1.807) is 36.7 Å². The molecule has 0 spiro atoms. The molecule has 28 heavy (non-hydrogen) atoms. The van der Waals surface area contributed by atoms with Crippen molar-refractivity contribution in [1.29, 1.82) is 0 Å². The average molecular weight is 381 g/mol.